The quantitative estimate of drug-likeness (QED) is 0.449. The lowest BCUT2D eigenvalue weighted by Gasteiger charge is -2.22. The number of aliphatic hydroxyl groups is 1. The molecule has 1 heterocycles. The summed E-state index contributed by atoms with van der Waals surface area (Å²) >= 11 is 0. The molecular weight excluding hydrogens is 310 g/mol. The highest BCUT2D eigenvalue weighted by molar-refractivity contribution is 5.90. The number of nitrogens with zero attached hydrogens (tertiary/aromatic N) is 3. The third-order valence-corrected chi connectivity index (χ3v) is 3.43. The highest BCUT2D eigenvalue weighted by Gasteiger charge is 2.32. The maximum absolute atomic E-state index is 14.3. The Balaban J connectivity index is 2.17. The van der Waals surface area contributed by atoms with E-state index in [4.69, 9.17) is 15.3 Å². The first kappa shape index (κ1) is 17.1. The summed E-state index contributed by atoms with van der Waals surface area (Å²) in [5, 5.41) is 16.8. The molecule has 7 nitrogen and oxygen atoms in total. The molecule has 1 aliphatic rings. The van der Waals surface area contributed by atoms with Gasteiger partial charge in [-0.25, -0.2) is 9.18 Å². The first-order valence-corrected chi connectivity index (χ1v) is 6.99. The molecule has 1 aliphatic heterocycles. The number of rotatable bonds is 7. The van der Waals surface area contributed by atoms with Crippen LogP contribution in [-0.4, -0.2) is 62.1 Å². The number of benzene rings is 1. The van der Waals surface area contributed by atoms with E-state index >= 15 is 0 Å². The number of carbonyl (C=O) groups excluding carboxylic acids is 1. The van der Waals surface area contributed by atoms with Gasteiger partial charge in [0.2, 0.25) is 0 Å². The van der Waals surface area contributed by atoms with Crippen LogP contribution in [0.1, 0.15) is 0 Å². The van der Waals surface area contributed by atoms with Crippen LogP contribution in [-0.2, 0) is 4.74 Å². The lowest BCUT2D eigenvalue weighted by Crippen LogP contribution is -2.30. The van der Waals surface area contributed by atoms with E-state index in [0.29, 0.717) is 10.8 Å². The van der Waals surface area contributed by atoms with Gasteiger partial charge in [-0.15, -0.1) is 9.60 Å². The highest BCUT2D eigenvalue weighted by atomic mass is 19.2. The van der Waals surface area contributed by atoms with Gasteiger partial charge in [-0.05, 0) is 18.2 Å². The van der Waals surface area contributed by atoms with Crippen molar-refractivity contribution in [3.05, 3.63) is 24.0 Å². The molecule has 1 unspecified atom stereocenters. The van der Waals surface area contributed by atoms with Crippen LogP contribution in [0.3, 0.4) is 0 Å². The molecule has 23 heavy (non-hydrogen) atoms. The third-order valence-electron chi connectivity index (χ3n) is 3.43. The molecule has 0 saturated carbocycles. The van der Waals surface area contributed by atoms with Gasteiger partial charge in [0.05, 0.1) is 30.9 Å². The number of aliphatic hydroxyl groups excluding tert-OH is 1. The van der Waals surface area contributed by atoms with Gasteiger partial charge >= 0.3 is 6.09 Å². The van der Waals surface area contributed by atoms with Crippen LogP contribution >= 0.6 is 0 Å². The second-order valence-corrected chi connectivity index (χ2v) is 5.09. The van der Waals surface area contributed by atoms with Gasteiger partial charge in [0.15, 0.2) is 0 Å². The van der Waals surface area contributed by atoms with Crippen molar-refractivity contribution in [3.63, 3.8) is 0 Å². The van der Waals surface area contributed by atoms with Crippen LogP contribution < -0.4 is 9.80 Å². The minimum absolute atomic E-state index is 0.00715. The summed E-state index contributed by atoms with van der Waals surface area (Å²) in [7, 11) is 1.23. The standard InChI is InChI=1S/C14H18F2N4O3/c1-18(16)4-5-19(9-17)13-3-2-10(6-12(13)15)20-7-11(8-21)23-14(20)22/h2-3,6,9,11,17,21H,4-5,7-8H2,1H3. The molecule has 2 N–H and O–H groups in total. The van der Waals surface area contributed by atoms with Crippen molar-refractivity contribution in [2.75, 3.05) is 43.1 Å². The number of amides is 1. The van der Waals surface area contributed by atoms with Crippen molar-refractivity contribution >= 4 is 23.8 Å². The molecule has 0 spiro atoms. The Morgan fingerprint density at radius 1 is 1.52 bits per heavy atom. The molecule has 2 rings (SSSR count). The van der Waals surface area contributed by atoms with Crippen LogP contribution in [0.4, 0.5) is 25.0 Å². The van der Waals surface area contributed by atoms with Gasteiger partial charge in [-0.1, -0.05) is 0 Å². The Morgan fingerprint density at radius 3 is 2.78 bits per heavy atom. The summed E-state index contributed by atoms with van der Waals surface area (Å²) in [6.07, 6.45) is -0.379. The van der Waals surface area contributed by atoms with E-state index in [1.165, 1.54) is 29.0 Å². The van der Waals surface area contributed by atoms with E-state index < -0.39 is 18.0 Å². The molecular formula is C14H18F2N4O3. The fourth-order valence-electron chi connectivity index (χ4n) is 2.22. The maximum Gasteiger partial charge on any atom is 0.414 e. The molecule has 1 amide bonds. The van der Waals surface area contributed by atoms with E-state index in [1.807, 2.05) is 0 Å². The summed E-state index contributed by atoms with van der Waals surface area (Å²) in [6.45, 7) is -0.0610. The predicted molar refractivity (Wildman–Crippen MR) is 81.0 cm³/mol. The number of likely N-dealkylation sites (N-methyl/N-ethyl adjacent to an activating group) is 1. The zero-order chi connectivity index (χ0) is 17.0. The van der Waals surface area contributed by atoms with Crippen molar-refractivity contribution in [1.29, 1.82) is 5.41 Å². The largest absolute Gasteiger partial charge is 0.441 e. The zero-order valence-corrected chi connectivity index (χ0v) is 12.6. The van der Waals surface area contributed by atoms with Crippen LogP contribution in [0.5, 0.6) is 0 Å². The van der Waals surface area contributed by atoms with Crippen LogP contribution in [0.15, 0.2) is 18.2 Å². The molecule has 1 aromatic carbocycles. The zero-order valence-electron chi connectivity index (χ0n) is 12.6. The Labute approximate surface area is 132 Å². The Kier molecular flexibility index (Phi) is 5.45. The predicted octanol–water partition coefficient (Wildman–Crippen LogP) is 1.37. The summed E-state index contributed by atoms with van der Waals surface area (Å²) in [6, 6.07) is 4.06. The van der Waals surface area contributed by atoms with Crippen molar-refractivity contribution in [2.24, 2.45) is 0 Å². The summed E-state index contributed by atoms with van der Waals surface area (Å²) in [5.74, 6) is -0.646. The molecule has 1 fully saturated rings. The van der Waals surface area contributed by atoms with Crippen LogP contribution in [0.2, 0.25) is 0 Å². The van der Waals surface area contributed by atoms with Gasteiger partial charge in [0, 0.05) is 20.1 Å². The average Bonchev–Trinajstić information content (AvgIpc) is 2.90. The summed E-state index contributed by atoms with van der Waals surface area (Å²) in [4.78, 5) is 14.2. The maximum atomic E-state index is 14.3. The molecule has 1 aromatic rings. The van der Waals surface area contributed by atoms with E-state index in [-0.39, 0.29) is 31.9 Å². The highest BCUT2D eigenvalue weighted by Crippen LogP contribution is 2.27. The number of carbonyl (C=O) groups is 1. The SMILES string of the molecule is CN(F)CCN(C=N)c1ccc(N2CC(CO)OC2=O)cc1F. The van der Waals surface area contributed by atoms with Crippen molar-refractivity contribution < 1.29 is 23.5 Å². The van der Waals surface area contributed by atoms with E-state index in [9.17, 15) is 13.7 Å². The number of nitrogens with one attached hydrogen (secondary N) is 1. The Hall–Kier alpha value is -2.26. The topological polar surface area (TPSA) is 80.1 Å². The van der Waals surface area contributed by atoms with Gasteiger partial charge in [-0.3, -0.25) is 10.3 Å². The van der Waals surface area contributed by atoms with Crippen molar-refractivity contribution in [3.8, 4) is 0 Å². The molecule has 9 heteroatoms. The van der Waals surface area contributed by atoms with Crippen LogP contribution in [0.25, 0.3) is 0 Å². The lowest BCUT2D eigenvalue weighted by atomic mass is 10.2. The Bertz CT molecular complexity index is 585. The number of cyclic esters (lactones) is 1. The number of hydrogen-bond donors (Lipinski definition) is 2. The van der Waals surface area contributed by atoms with Gasteiger partial charge < -0.3 is 14.7 Å². The van der Waals surface area contributed by atoms with E-state index in [0.717, 1.165) is 12.4 Å². The number of halogens is 2. The van der Waals surface area contributed by atoms with Crippen molar-refractivity contribution in [1.82, 2.24) is 5.12 Å². The normalized spacial score (nSPS) is 17.5. The minimum atomic E-state index is -0.654. The number of ether oxygens (including phenoxy) is 1. The first-order chi connectivity index (χ1) is 11.0. The van der Waals surface area contributed by atoms with E-state index in [1.54, 1.807) is 0 Å². The minimum Gasteiger partial charge on any atom is -0.441 e. The fourth-order valence-corrected chi connectivity index (χ4v) is 2.22. The molecule has 1 saturated heterocycles. The van der Waals surface area contributed by atoms with Gasteiger partial charge in [0.25, 0.3) is 0 Å². The number of anilines is 2. The first-order valence-electron chi connectivity index (χ1n) is 6.99. The second-order valence-electron chi connectivity index (χ2n) is 5.09. The fraction of sp³-hybridized carbons (Fsp3) is 0.429. The third kappa shape index (κ3) is 3.93. The molecule has 0 aromatic heterocycles. The molecule has 0 aliphatic carbocycles. The average molecular weight is 328 g/mol. The summed E-state index contributed by atoms with van der Waals surface area (Å²) < 4.78 is 31.9. The molecule has 126 valence electrons. The van der Waals surface area contributed by atoms with Crippen LogP contribution in [0, 0.1) is 11.2 Å². The Morgan fingerprint density at radius 2 is 2.26 bits per heavy atom. The van der Waals surface area contributed by atoms with Crippen molar-refractivity contribution in [2.45, 2.75) is 6.10 Å². The lowest BCUT2D eigenvalue weighted by molar-refractivity contribution is 0.0646. The molecule has 0 bridgehead atoms. The van der Waals surface area contributed by atoms with E-state index in [2.05, 4.69) is 0 Å². The summed E-state index contributed by atoms with van der Waals surface area (Å²) in [5.41, 5.74) is 0.400. The number of hydrogen-bond acceptors (Lipinski definition) is 5. The monoisotopic (exact) mass is 328 g/mol. The van der Waals surface area contributed by atoms with Gasteiger partial charge in [0.1, 0.15) is 11.9 Å². The van der Waals surface area contributed by atoms with Gasteiger partial charge in [-0.2, -0.15) is 0 Å². The molecule has 1 atom stereocenters. The molecule has 0 radical (unpaired) electrons. The smallest absolute Gasteiger partial charge is 0.414 e. The second kappa shape index (κ2) is 7.34.